The number of hydrogen-bond acceptors (Lipinski definition) is 7. The molecule has 25 heavy (non-hydrogen) atoms. The zero-order valence-corrected chi connectivity index (χ0v) is 15.2. The minimum Gasteiger partial charge on any atom is -0.396 e. The highest BCUT2D eigenvalue weighted by atomic mass is 16.5. The monoisotopic (exact) mass is 351 g/mol. The van der Waals surface area contributed by atoms with Gasteiger partial charge in [-0.3, -0.25) is 4.79 Å². The molecule has 1 aliphatic carbocycles. The Morgan fingerprint density at radius 1 is 1.40 bits per heavy atom. The molecule has 0 radical (unpaired) electrons. The van der Waals surface area contributed by atoms with E-state index in [9.17, 15) is 9.90 Å². The Hall–Kier alpha value is -1.93. The number of aliphatic hydroxyl groups excluding tert-OH is 1. The Balaban J connectivity index is 2.12. The van der Waals surface area contributed by atoms with Crippen molar-refractivity contribution in [1.82, 2.24) is 9.97 Å². The smallest absolute Gasteiger partial charge is 0.254 e. The fourth-order valence-electron chi connectivity index (χ4n) is 3.01. The van der Waals surface area contributed by atoms with Crippen LogP contribution in [0, 0.1) is 0 Å². The van der Waals surface area contributed by atoms with Crippen molar-refractivity contribution in [3.8, 4) is 0 Å². The SMILES string of the molecule is CO[C@H]1CC[C@H](Nc2ncc(C(N)=O)c(NC(C)(C)CCO)n2)CC1. The van der Waals surface area contributed by atoms with Crippen LogP contribution < -0.4 is 16.4 Å². The lowest BCUT2D eigenvalue weighted by molar-refractivity contribution is 0.0681. The van der Waals surface area contributed by atoms with E-state index in [1.54, 1.807) is 7.11 Å². The maximum Gasteiger partial charge on any atom is 0.254 e. The Kier molecular flexibility index (Phi) is 6.55. The summed E-state index contributed by atoms with van der Waals surface area (Å²) in [7, 11) is 1.75. The van der Waals surface area contributed by atoms with Gasteiger partial charge >= 0.3 is 0 Å². The fraction of sp³-hybridized carbons (Fsp3) is 0.706. The van der Waals surface area contributed by atoms with Gasteiger partial charge < -0.3 is 26.2 Å². The standard InChI is InChI=1S/C17H29N5O3/c1-17(2,8-9-23)22-15-13(14(18)24)10-19-16(21-15)20-11-4-6-12(25-3)7-5-11/h10-12,23H,4-9H2,1-3H3,(H2,18,24)(H2,19,20,21,22)/t11-,12-. The molecule has 0 atom stereocenters. The Morgan fingerprint density at radius 3 is 2.64 bits per heavy atom. The molecule has 1 aromatic rings. The van der Waals surface area contributed by atoms with Gasteiger partial charge in [-0.15, -0.1) is 0 Å². The summed E-state index contributed by atoms with van der Waals surface area (Å²) in [5.74, 6) is 0.261. The number of nitrogens with zero attached hydrogens (tertiary/aromatic N) is 2. The van der Waals surface area contributed by atoms with E-state index in [2.05, 4.69) is 20.6 Å². The molecule has 1 aliphatic rings. The highest BCUT2D eigenvalue weighted by Crippen LogP contribution is 2.25. The van der Waals surface area contributed by atoms with Crippen molar-refractivity contribution < 1.29 is 14.6 Å². The number of hydrogen-bond donors (Lipinski definition) is 4. The molecule has 8 heteroatoms. The van der Waals surface area contributed by atoms with Crippen molar-refractivity contribution in [3.05, 3.63) is 11.8 Å². The number of amides is 1. The van der Waals surface area contributed by atoms with Gasteiger partial charge in [0.2, 0.25) is 5.95 Å². The number of anilines is 2. The average molecular weight is 351 g/mol. The number of nitrogens with two attached hydrogens (primary N) is 1. The summed E-state index contributed by atoms with van der Waals surface area (Å²) >= 11 is 0. The Labute approximate surface area is 148 Å². The summed E-state index contributed by atoms with van der Waals surface area (Å²) in [6.45, 7) is 3.88. The number of carbonyl (C=O) groups is 1. The van der Waals surface area contributed by atoms with Gasteiger partial charge in [-0.2, -0.15) is 4.98 Å². The van der Waals surface area contributed by atoms with Crippen LogP contribution >= 0.6 is 0 Å². The van der Waals surface area contributed by atoms with Gasteiger partial charge in [0.15, 0.2) is 0 Å². The molecule has 140 valence electrons. The molecule has 1 aromatic heterocycles. The zero-order valence-electron chi connectivity index (χ0n) is 15.2. The molecule has 0 bridgehead atoms. The summed E-state index contributed by atoms with van der Waals surface area (Å²) < 4.78 is 5.39. The highest BCUT2D eigenvalue weighted by Gasteiger charge is 2.24. The first-order chi connectivity index (χ1) is 11.8. The van der Waals surface area contributed by atoms with Crippen molar-refractivity contribution in [2.45, 2.75) is 63.6 Å². The number of ether oxygens (including phenoxy) is 1. The summed E-state index contributed by atoms with van der Waals surface area (Å²) in [6.07, 6.45) is 6.25. The fourth-order valence-corrected chi connectivity index (χ4v) is 3.01. The van der Waals surface area contributed by atoms with Gasteiger partial charge in [-0.25, -0.2) is 4.98 Å². The van der Waals surface area contributed by atoms with Crippen molar-refractivity contribution in [1.29, 1.82) is 0 Å². The third-order valence-corrected chi connectivity index (χ3v) is 4.59. The minimum absolute atomic E-state index is 0.0326. The number of aliphatic hydroxyl groups is 1. The minimum atomic E-state index is -0.588. The second kappa shape index (κ2) is 8.44. The van der Waals surface area contributed by atoms with E-state index in [0.29, 0.717) is 24.3 Å². The molecule has 1 amide bonds. The van der Waals surface area contributed by atoms with Gasteiger partial charge in [0.05, 0.1) is 11.7 Å². The van der Waals surface area contributed by atoms with Gasteiger partial charge in [0.25, 0.3) is 5.91 Å². The summed E-state index contributed by atoms with van der Waals surface area (Å²) in [6, 6.07) is 0.282. The van der Waals surface area contributed by atoms with Crippen molar-refractivity contribution >= 4 is 17.7 Å². The van der Waals surface area contributed by atoms with Crippen LogP contribution in [0.1, 0.15) is 56.3 Å². The van der Waals surface area contributed by atoms with E-state index in [1.165, 1.54) is 6.20 Å². The molecular weight excluding hydrogens is 322 g/mol. The summed E-state index contributed by atoms with van der Waals surface area (Å²) in [5, 5.41) is 15.7. The van der Waals surface area contributed by atoms with Gasteiger partial charge in [-0.1, -0.05) is 0 Å². The highest BCUT2D eigenvalue weighted by molar-refractivity contribution is 5.97. The van der Waals surface area contributed by atoms with Crippen LogP contribution in [-0.2, 0) is 4.74 Å². The zero-order chi connectivity index (χ0) is 18.4. The molecule has 1 heterocycles. The van der Waals surface area contributed by atoms with E-state index >= 15 is 0 Å². The molecule has 0 aromatic carbocycles. The lowest BCUT2D eigenvalue weighted by Gasteiger charge is -2.29. The molecule has 0 spiro atoms. The molecular formula is C17H29N5O3. The number of primary amides is 1. The van der Waals surface area contributed by atoms with E-state index in [0.717, 1.165) is 25.7 Å². The number of carbonyl (C=O) groups excluding carboxylic acids is 1. The van der Waals surface area contributed by atoms with Crippen molar-refractivity contribution in [2.24, 2.45) is 5.73 Å². The molecule has 2 rings (SSSR count). The lowest BCUT2D eigenvalue weighted by atomic mass is 9.93. The Bertz CT molecular complexity index is 586. The normalized spacial score (nSPS) is 21.0. The first-order valence-electron chi connectivity index (χ1n) is 8.70. The topological polar surface area (TPSA) is 122 Å². The first kappa shape index (κ1) is 19.4. The predicted octanol–water partition coefficient (Wildman–Crippen LogP) is 1.52. The van der Waals surface area contributed by atoms with Crippen LogP contribution in [0.25, 0.3) is 0 Å². The van der Waals surface area contributed by atoms with Crippen LogP contribution in [0.2, 0.25) is 0 Å². The van der Waals surface area contributed by atoms with E-state index in [-0.39, 0.29) is 18.2 Å². The largest absolute Gasteiger partial charge is 0.396 e. The first-order valence-corrected chi connectivity index (χ1v) is 8.70. The van der Waals surface area contributed by atoms with Crippen LogP contribution in [0.5, 0.6) is 0 Å². The molecule has 8 nitrogen and oxygen atoms in total. The van der Waals surface area contributed by atoms with Crippen molar-refractivity contribution in [3.63, 3.8) is 0 Å². The third kappa shape index (κ3) is 5.54. The van der Waals surface area contributed by atoms with Crippen LogP contribution in [0.3, 0.4) is 0 Å². The summed E-state index contributed by atoms with van der Waals surface area (Å²) in [4.78, 5) is 20.3. The van der Waals surface area contributed by atoms with E-state index in [1.807, 2.05) is 13.8 Å². The van der Waals surface area contributed by atoms with Gasteiger partial charge in [0.1, 0.15) is 5.82 Å². The van der Waals surface area contributed by atoms with Gasteiger partial charge in [0, 0.05) is 31.5 Å². The number of methoxy groups -OCH3 is 1. The lowest BCUT2D eigenvalue weighted by Crippen LogP contribution is -2.34. The van der Waals surface area contributed by atoms with E-state index < -0.39 is 11.4 Å². The van der Waals surface area contributed by atoms with Gasteiger partial charge in [-0.05, 0) is 46.0 Å². The van der Waals surface area contributed by atoms with E-state index in [4.69, 9.17) is 10.5 Å². The molecule has 0 unspecified atom stereocenters. The molecule has 5 N–H and O–H groups in total. The predicted molar refractivity (Wildman–Crippen MR) is 96.6 cm³/mol. The quantitative estimate of drug-likeness (QED) is 0.560. The van der Waals surface area contributed by atoms with Crippen LogP contribution in [0.15, 0.2) is 6.20 Å². The van der Waals surface area contributed by atoms with Crippen molar-refractivity contribution in [2.75, 3.05) is 24.4 Å². The average Bonchev–Trinajstić information content (AvgIpc) is 2.55. The Morgan fingerprint density at radius 2 is 2.08 bits per heavy atom. The molecule has 1 saturated carbocycles. The van der Waals surface area contributed by atoms with Crippen LogP contribution in [-0.4, -0.2) is 52.4 Å². The molecule has 0 aliphatic heterocycles. The summed E-state index contributed by atoms with van der Waals surface area (Å²) in [5.41, 5.74) is 5.24. The maximum atomic E-state index is 11.7. The molecule has 1 fully saturated rings. The second-order valence-corrected chi connectivity index (χ2v) is 7.16. The van der Waals surface area contributed by atoms with Crippen LogP contribution in [0.4, 0.5) is 11.8 Å². The number of rotatable bonds is 8. The number of nitrogens with one attached hydrogen (secondary N) is 2. The maximum absolute atomic E-state index is 11.7. The second-order valence-electron chi connectivity index (χ2n) is 7.16. The molecule has 0 saturated heterocycles. The number of aromatic nitrogens is 2. The third-order valence-electron chi connectivity index (χ3n) is 4.59.